The van der Waals surface area contributed by atoms with Gasteiger partial charge in [-0.1, -0.05) is 24.3 Å². The molecule has 4 aromatic rings. The fourth-order valence-electron chi connectivity index (χ4n) is 5.72. The zero-order valence-corrected chi connectivity index (χ0v) is 32.6. The molecular formula is C34H26N4O16S4. The lowest BCUT2D eigenvalue weighted by molar-refractivity contribution is -0.110. The van der Waals surface area contributed by atoms with Crippen molar-refractivity contribution in [3.63, 3.8) is 0 Å². The van der Waals surface area contributed by atoms with Crippen molar-refractivity contribution in [1.29, 1.82) is 0 Å². The first kappa shape index (κ1) is 41.5. The fourth-order valence-corrected chi connectivity index (χ4v) is 7.95. The molecule has 24 heteroatoms. The van der Waals surface area contributed by atoms with Gasteiger partial charge in [-0.2, -0.15) is 43.9 Å². The highest BCUT2D eigenvalue weighted by atomic mass is 32.2. The Bertz CT molecular complexity index is 3060. The maximum absolute atomic E-state index is 13.2. The van der Waals surface area contributed by atoms with Gasteiger partial charge in [-0.05, 0) is 82.9 Å². The predicted molar refractivity (Wildman–Crippen MR) is 207 cm³/mol. The van der Waals surface area contributed by atoms with Gasteiger partial charge in [0, 0.05) is 11.1 Å². The Kier molecular flexibility index (Phi) is 10.7. The van der Waals surface area contributed by atoms with Gasteiger partial charge in [0.25, 0.3) is 40.5 Å². The molecule has 0 saturated carbocycles. The third-order valence-electron chi connectivity index (χ3n) is 8.47. The number of fused-ring (bicyclic) bond motifs is 2. The highest BCUT2D eigenvalue weighted by Crippen LogP contribution is 2.36. The minimum absolute atomic E-state index is 0.00937. The second-order valence-corrected chi connectivity index (χ2v) is 17.7. The summed E-state index contributed by atoms with van der Waals surface area (Å²) in [5.74, 6) is -2.23. The first-order chi connectivity index (χ1) is 27.0. The molecule has 0 fully saturated rings. The standard InChI is InChI=1S/C34H26N4O16S4/c1-53-27-12-17(4-9-25(27)35-37-31-23-8-7-21(55(41,42)43)11-20(23)15-30(33(31)39)58(50,51)52)18-5-10-26(28(13-18)54-2)36-38-32-24-16-22(56(44,45)46)6-3-19(24)14-29(34(32)40)57(47,48)49/h3-16,35-36H,1-2H3,(H,41,42,43)(H,44,45,46)(H,47,48,49)(H,50,51,52)/b37-31+,38-32-. The fraction of sp³-hybridized carbons (Fsp3) is 0.0588. The summed E-state index contributed by atoms with van der Waals surface area (Å²) in [6.07, 6.45) is 1.57. The van der Waals surface area contributed by atoms with E-state index in [1.165, 1.54) is 38.5 Å². The third-order valence-corrected chi connectivity index (χ3v) is 11.9. The van der Waals surface area contributed by atoms with Crippen molar-refractivity contribution >= 4 is 87.0 Å². The Balaban J connectivity index is 1.32. The van der Waals surface area contributed by atoms with Crippen molar-refractivity contribution in [2.45, 2.75) is 9.79 Å². The van der Waals surface area contributed by atoms with Crippen LogP contribution < -0.4 is 20.3 Å². The summed E-state index contributed by atoms with van der Waals surface area (Å²) in [5.41, 5.74) is 4.94. The van der Waals surface area contributed by atoms with Crippen molar-refractivity contribution in [2.75, 3.05) is 25.1 Å². The van der Waals surface area contributed by atoms with E-state index in [2.05, 4.69) is 21.1 Å². The van der Waals surface area contributed by atoms with Crippen LogP contribution in [0.1, 0.15) is 22.3 Å². The zero-order chi connectivity index (χ0) is 42.5. The normalized spacial score (nSPS) is 16.0. The number of benzene rings is 4. The van der Waals surface area contributed by atoms with Gasteiger partial charge in [0.05, 0.1) is 35.4 Å². The number of Topliss-reactive ketones (excluding diaryl/α,β-unsaturated/α-hetero) is 2. The van der Waals surface area contributed by atoms with Crippen LogP contribution in [0.4, 0.5) is 11.4 Å². The van der Waals surface area contributed by atoms with Crippen molar-refractivity contribution < 1.29 is 70.9 Å². The molecule has 4 aromatic carbocycles. The summed E-state index contributed by atoms with van der Waals surface area (Å²) in [7, 11) is -17.0. The molecule has 20 nitrogen and oxygen atoms in total. The van der Waals surface area contributed by atoms with Crippen LogP contribution >= 0.6 is 0 Å². The maximum atomic E-state index is 13.2. The smallest absolute Gasteiger partial charge is 0.298 e. The van der Waals surface area contributed by atoms with Crippen molar-refractivity contribution in [2.24, 2.45) is 10.2 Å². The van der Waals surface area contributed by atoms with Gasteiger partial charge < -0.3 is 9.47 Å². The van der Waals surface area contributed by atoms with Gasteiger partial charge in [-0.3, -0.25) is 38.7 Å². The van der Waals surface area contributed by atoms with E-state index in [1.54, 1.807) is 12.1 Å². The Morgan fingerprint density at radius 3 is 1.38 bits per heavy atom. The second kappa shape index (κ2) is 15.0. The van der Waals surface area contributed by atoms with Gasteiger partial charge in [-0.25, -0.2) is 0 Å². The van der Waals surface area contributed by atoms with E-state index in [-0.39, 0.29) is 45.1 Å². The highest BCUT2D eigenvalue weighted by molar-refractivity contribution is 7.91. The molecule has 0 aliphatic heterocycles. The van der Waals surface area contributed by atoms with Crippen LogP contribution in [-0.2, 0) is 50.1 Å². The lowest BCUT2D eigenvalue weighted by atomic mass is 9.94. The number of anilines is 2. The van der Waals surface area contributed by atoms with Crippen molar-refractivity contribution in [1.82, 2.24) is 0 Å². The SMILES string of the molecule is COc1cc(-c2ccc(N/N=C3/C(=O)C(S(=O)(=O)O)=Cc4cc(S(=O)(=O)O)ccc43)c(OC)c2)ccc1N/N=C1\C(=O)C(S(=O)(=O)O)=Cc2ccc(S(=O)(=O)O)cc21. The molecule has 0 saturated heterocycles. The Hall–Kier alpha value is -6.12. The first-order valence-electron chi connectivity index (χ1n) is 15.8. The third kappa shape index (κ3) is 8.29. The largest absolute Gasteiger partial charge is 0.494 e. The van der Waals surface area contributed by atoms with Gasteiger partial charge >= 0.3 is 0 Å². The van der Waals surface area contributed by atoms with Crippen LogP contribution in [-0.4, -0.2) is 89.1 Å². The summed E-state index contributed by atoms with van der Waals surface area (Å²) in [5, 5.41) is 8.06. The molecule has 0 amide bonds. The average molecular weight is 875 g/mol. The molecule has 6 rings (SSSR count). The van der Waals surface area contributed by atoms with Crippen LogP contribution in [0.3, 0.4) is 0 Å². The Labute approximate surface area is 329 Å². The number of ether oxygens (including phenoxy) is 2. The number of hydrazone groups is 2. The molecule has 2 aliphatic rings. The minimum Gasteiger partial charge on any atom is -0.494 e. The lowest BCUT2D eigenvalue weighted by Gasteiger charge is -2.18. The molecule has 0 unspecified atom stereocenters. The molecule has 0 spiro atoms. The number of hydrogen-bond donors (Lipinski definition) is 6. The van der Waals surface area contributed by atoms with Crippen LogP contribution in [0.5, 0.6) is 11.5 Å². The molecule has 2 aliphatic carbocycles. The van der Waals surface area contributed by atoms with Crippen LogP contribution in [0.15, 0.2) is 103 Å². The van der Waals surface area contributed by atoms with E-state index in [1.807, 2.05) is 0 Å². The summed E-state index contributed by atoms with van der Waals surface area (Å²) in [4.78, 5) is 23.0. The number of ketones is 2. The predicted octanol–water partition coefficient (Wildman–Crippen LogP) is 3.12. The highest BCUT2D eigenvalue weighted by Gasteiger charge is 2.35. The number of allylic oxidation sites excluding steroid dienone is 2. The van der Waals surface area contributed by atoms with E-state index >= 15 is 0 Å². The number of carbonyl (C=O) groups is 2. The second-order valence-electron chi connectivity index (χ2n) is 12.0. The molecule has 0 radical (unpaired) electrons. The van der Waals surface area contributed by atoms with Gasteiger partial charge in [0.1, 0.15) is 32.7 Å². The molecule has 302 valence electrons. The molecule has 0 bridgehead atoms. The number of nitrogens with one attached hydrogen (secondary N) is 2. The van der Waals surface area contributed by atoms with Crippen LogP contribution in [0, 0.1) is 0 Å². The van der Waals surface area contributed by atoms with Gasteiger partial charge in [0.15, 0.2) is 0 Å². The Morgan fingerprint density at radius 1 is 0.500 bits per heavy atom. The molecule has 6 N–H and O–H groups in total. The summed E-state index contributed by atoms with van der Waals surface area (Å²) >= 11 is 0. The van der Waals surface area contributed by atoms with E-state index in [9.17, 15) is 61.5 Å². The van der Waals surface area contributed by atoms with Crippen LogP contribution in [0.25, 0.3) is 23.3 Å². The van der Waals surface area contributed by atoms with Gasteiger partial charge in [-0.15, -0.1) is 0 Å². The topological polar surface area (TPSA) is 319 Å². The monoisotopic (exact) mass is 874 g/mol. The van der Waals surface area contributed by atoms with E-state index in [0.717, 1.165) is 48.6 Å². The molecule has 0 aromatic heterocycles. The zero-order valence-electron chi connectivity index (χ0n) is 29.3. The lowest BCUT2D eigenvalue weighted by Crippen LogP contribution is -2.27. The number of rotatable bonds is 11. The van der Waals surface area contributed by atoms with Crippen molar-refractivity contribution in [3.8, 4) is 22.6 Å². The minimum atomic E-state index is -5.11. The Morgan fingerprint density at radius 2 is 0.931 bits per heavy atom. The number of carbonyl (C=O) groups excluding carboxylic acids is 2. The molecule has 0 atom stereocenters. The number of methoxy groups -OCH3 is 2. The van der Waals surface area contributed by atoms with Gasteiger partial charge in [0.2, 0.25) is 11.6 Å². The molecular weight excluding hydrogens is 849 g/mol. The molecule has 58 heavy (non-hydrogen) atoms. The van der Waals surface area contributed by atoms with E-state index in [4.69, 9.17) is 9.47 Å². The maximum Gasteiger partial charge on any atom is 0.298 e. The van der Waals surface area contributed by atoms with Crippen molar-refractivity contribution in [3.05, 3.63) is 105 Å². The first-order valence-corrected chi connectivity index (χ1v) is 21.5. The summed E-state index contributed by atoms with van der Waals surface area (Å²) < 4.78 is 144. The summed E-state index contributed by atoms with van der Waals surface area (Å²) in [6, 6.07) is 15.1. The summed E-state index contributed by atoms with van der Waals surface area (Å²) in [6.45, 7) is 0. The number of hydrogen-bond acceptors (Lipinski definition) is 16. The quantitative estimate of drug-likeness (QED) is 0.0931. The average Bonchev–Trinajstić information content (AvgIpc) is 3.14. The van der Waals surface area contributed by atoms with Crippen LogP contribution in [0.2, 0.25) is 0 Å². The molecule has 0 heterocycles. The van der Waals surface area contributed by atoms with E-state index in [0.29, 0.717) is 11.1 Å². The van der Waals surface area contributed by atoms with E-state index < -0.39 is 83.1 Å². The number of nitrogens with zero attached hydrogens (tertiary/aromatic N) is 2.